The first kappa shape index (κ1) is 17.9. The highest BCUT2D eigenvalue weighted by Crippen LogP contribution is 2.18. The van der Waals surface area contributed by atoms with Crippen molar-refractivity contribution in [2.75, 3.05) is 6.61 Å². The van der Waals surface area contributed by atoms with Crippen LogP contribution in [0.25, 0.3) is 0 Å². The number of hydrogen-bond donors (Lipinski definition) is 1. The van der Waals surface area contributed by atoms with Crippen LogP contribution >= 0.6 is 0 Å². The fourth-order valence-electron chi connectivity index (χ4n) is 3.20. The van der Waals surface area contributed by atoms with Gasteiger partial charge in [-0.15, -0.1) is 0 Å². The Balaban J connectivity index is 1.65. The average molecular weight is 354 g/mol. The van der Waals surface area contributed by atoms with Crippen LogP contribution < -0.4 is 5.32 Å². The fraction of sp³-hybridized carbons (Fsp3) is 0.350. The highest BCUT2D eigenvalue weighted by atomic mass is 16.5. The Kier molecular flexibility index (Phi) is 5.21. The molecule has 6 nitrogen and oxygen atoms in total. The third-order valence-corrected chi connectivity index (χ3v) is 4.68. The van der Waals surface area contributed by atoms with Gasteiger partial charge in [0.25, 0.3) is 0 Å². The normalized spacial score (nSPS) is 16.4. The third-order valence-electron chi connectivity index (χ3n) is 4.68. The Hall–Kier alpha value is -2.89. The second-order valence-corrected chi connectivity index (χ2v) is 6.55. The molecular formula is C20H22N2O4. The minimum Gasteiger partial charge on any atom is -0.456 e. The molecule has 1 aromatic carbocycles. The van der Waals surface area contributed by atoms with Gasteiger partial charge in [-0.3, -0.25) is 9.59 Å². The van der Waals surface area contributed by atoms with Crippen LogP contribution in [0.1, 0.15) is 40.2 Å². The maximum Gasteiger partial charge on any atom is 0.329 e. The number of nitrogens with zero attached hydrogens (tertiary/aromatic N) is 1. The van der Waals surface area contributed by atoms with Gasteiger partial charge in [-0.2, -0.15) is 0 Å². The molecule has 0 unspecified atom stereocenters. The van der Waals surface area contributed by atoms with E-state index in [4.69, 9.17) is 4.74 Å². The lowest BCUT2D eigenvalue weighted by Crippen LogP contribution is -2.35. The maximum atomic E-state index is 12.5. The summed E-state index contributed by atoms with van der Waals surface area (Å²) in [5.74, 6) is -0.958. The smallest absolute Gasteiger partial charge is 0.329 e. The molecular weight excluding hydrogens is 332 g/mol. The van der Waals surface area contributed by atoms with Crippen molar-refractivity contribution < 1.29 is 19.1 Å². The summed E-state index contributed by atoms with van der Waals surface area (Å²) in [5.41, 5.74) is 3.53. The van der Waals surface area contributed by atoms with Crippen LogP contribution in [-0.4, -0.2) is 34.9 Å². The standard InChI is InChI=1S/C20H22N2O4/c1-13-10-16(14(2)22(13)11-15-6-4-3-5-7-15)18(23)12-26-20(25)17-8-9-19(24)21-17/h3-7,10,17H,8-9,11-12H2,1-2H3,(H,21,24)/t17-/m1/s1. The summed E-state index contributed by atoms with van der Waals surface area (Å²) < 4.78 is 7.17. The zero-order valence-electron chi connectivity index (χ0n) is 15.0. The predicted molar refractivity (Wildman–Crippen MR) is 95.9 cm³/mol. The summed E-state index contributed by atoms with van der Waals surface area (Å²) in [6, 6.07) is 11.2. The number of ketones is 1. The van der Waals surface area contributed by atoms with Gasteiger partial charge in [0, 0.05) is 29.9 Å². The molecule has 0 saturated carbocycles. The number of nitrogens with one attached hydrogen (secondary N) is 1. The number of hydrogen-bond acceptors (Lipinski definition) is 4. The molecule has 1 aliphatic rings. The first-order valence-corrected chi connectivity index (χ1v) is 8.65. The SMILES string of the molecule is Cc1cc(C(=O)COC(=O)[C@H]2CCC(=O)N2)c(C)n1Cc1ccccc1. The van der Waals surface area contributed by atoms with E-state index in [1.165, 1.54) is 0 Å². The van der Waals surface area contributed by atoms with E-state index in [2.05, 4.69) is 9.88 Å². The monoisotopic (exact) mass is 354 g/mol. The molecule has 6 heteroatoms. The number of benzene rings is 1. The van der Waals surface area contributed by atoms with Gasteiger partial charge in [0.15, 0.2) is 6.61 Å². The van der Waals surface area contributed by atoms with E-state index in [-0.39, 0.29) is 18.3 Å². The molecule has 136 valence electrons. The lowest BCUT2D eigenvalue weighted by Gasteiger charge is -2.11. The van der Waals surface area contributed by atoms with Crippen LogP contribution in [0, 0.1) is 13.8 Å². The summed E-state index contributed by atoms with van der Waals surface area (Å²) in [4.78, 5) is 35.6. The number of carbonyl (C=O) groups is 3. The zero-order valence-corrected chi connectivity index (χ0v) is 15.0. The fourth-order valence-corrected chi connectivity index (χ4v) is 3.20. The quantitative estimate of drug-likeness (QED) is 0.637. The largest absolute Gasteiger partial charge is 0.456 e. The minimum absolute atomic E-state index is 0.164. The van der Waals surface area contributed by atoms with Gasteiger partial charge in [-0.1, -0.05) is 30.3 Å². The van der Waals surface area contributed by atoms with Crippen LogP contribution in [0.5, 0.6) is 0 Å². The molecule has 1 saturated heterocycles. The van der Waals surface area contributed by atoms with Gasteiger partial charge >= 0.3 is 5.97 Å². The van der Waals surface area contributed by atoms with E-state index >= 15 is 0 Å². The van der Waals surface area contributed by atoms with Gasteiger partial charge < -0.3 is 14.6 Å². The second-order valence-electron chi connectivity index (χ2n) is 6.55. The van der Waals surface area contributed by atoms with Crippen molar-refractivity contribution in [3.05, 3.63) is 58.9 Å². The second kappa shape index (κ2) is 7.56. The predicted octanol–water partition coefficient (Wildman–Crippen LogP) is 2.16. The molecule has 0 bridgehead atoms. The summed E-state index contributed by atoms with van der Waals surface area (Å²) >= 11 is 0. The van der Waals surface area contributed by atoms with Crippen LogP contribution in [-0.2, 0) is 20.9 Å². The number of aryl methyl sites for hydroxylation is 1. The molecule has 1 aliphatic heterocycles. The maximum absolute atomic E-state index is 12.5. The minimum atomic E-state index is -0.638. The summed E-state index contributed by atoms with van der Waals surface area (Å²) in [7, 11) is 0. The Bertz CT molecular complexity index is 839. The molecule has 0 radical (unpaired) electrons. The van der Waals surface area contributed by atoms with E-state index in [1.54, 1.807) is 0 Å². The number of aromatic nitrogens is 1. The highest BCUT2D eigenvalue weighted by molar-refractivity contribution is 5.99. The van der Waals surface area contributed by atoms with E-state index in [1.807, 2.05) is 50.2 Å². The van der Waals surface area contributed by atoms with Gasteiger partial charge in [0.2, 0.25) is 11.7 Å². The number of rotatable bonds is 6. The number of ether oxygens (including phenoxy) is 1. The summed E-state index contributed by atoms with van der Waals surface area (Å²) in [5, 5.41) is 2.54. The van der Waals surface area contributed by atoms with Crippen molar-refractivity contribution >= 4 is 17.7 Å². The van der Waals surface area contributed by atoms with Gasteiger partial charge in [0.05, 0.1) is 0 Å². The lowest BCUT2D eigenvalue weighted by atomic mass is 10.1. The van der Waals surface area contributed by atoms with E-state index in [0.717, 1.165) is 17.0 Å². The van der Waals surface area contributed by atoms with E-state index < -0.39 is 12.0 Å². The molecule has 2 heterocycles. The molecule has 1 N–H and O–H groups in total. The van der Waals surface area contributed by atoms with Crippen LogP contribution in [0.2, 0.25) is 0 Å². The molecule has 1 aromatic heterocycles. The topological polar surface area (TPSA) is 77.4 Å². The van der Waals surface area contributed by atoms with Crippen LogP contribution in [0.15, 0.2) is 36.4 Å². The van der Waals surface area contributed by atoms with Crippen LogP contribution in [0.4, 0.5) is 0 Å². The van der Waals surface area contributed by atoms with Gasteiger partial charge in [0.1, 0.15) is 6.04 Å². The Morgan fingerprint density at radius 2 is 1.96 bits per heavy atom. The molecule has 1 amide bonds. The van der Waals surface area contributed by atoms with Crippen molar-refractivity contribution in [3.63, 3.8) is 0 Å². The molecule has 0 aliphatic carbocycles. The zero-order chi connectivity index (χ0) is 18.7. The molecule has 2 aromatic rings. The van der Waals surface area contributed by atoms with Crippen LogP contribution in [0.3, 0.4) is 0 Å². The van der Waals surface area contributed by atoms with E-state index in [9.17, 15) is 14.4 Å². The van der Waals surface area contributed by atoms with Crippen molar-refractivity contribution in [1.82, 2.24) is 9.88 Å². The molecule has 3 rings (SSSR count). The Morgan fingerprint density at radius 1 is 1.23 bits per heavy atom. The van der Waals surface area contributed by atoms with Gasteiger partial charge in [-0.25, -0.2) is 4.79 Å². The Labute approximate surface area is 152 Å². The van der Waals surface area contributed by atoms with Crippen molar-refractivity contribution in [1.29, 1.82) is 0 Å². The van der Waals surface area contributed by atoms with Gasteiger partial charge in [-0.05, 0) is 31.9 Å². The summed E-state index contributed by atoms with van der Waals surface area (Å²) in [6.45, 7) is 4.20. The Morgan fingerprint density at radius 3 is 2.62 bits per heavy atom. The number of Topliss-reactive ketones (excluding diaryl/α,β-unsaturated/α-hetero) is 1. The number of amides is 1. The summed E-state index contributed by atoms with van der Waals surface area (Å²) in [6.07, 6.45) is 0.728. The first-order valence-electron chi connectivity index (χ1n) is 8.65. The van der Waals surface area contributed by atoms with E-state index in [0.29, 0.717) is 24.9 Å². The van der Waals surface area contributed by atoms with Crippen molar-refractivity contribution in [3.8, 4) is 0 Å². The first-order chi connectivity index (χ1) is 12.5. The van der Waals surface area contributed by atoms with Crippen molar-refractivity contribution in [2.45, 2.75) is 39.3 Å². The molecule has 1 atom stereocenters. The number of esters is 1. The highest BCUT2D eigenvalue weighted by Gasteiger charge is 2.29. The molecule has 26 heavy (non-hydrogen) atoms. The average Bonchev–Trinajstić information content (AvgIpc) is 3.19. The number of carbonyl (C=O) groups excluding carboxylic acids is 3. The van der Waals surface area contributed by atoms with Crippen molar-refractivity contribution in [2.24, 2.45) is 0 Å². The molecule has 1 fully saturated rings. The lowest BCUT2D eigenvalue weighted by molar-refractivity contribution is -0.145. The molecule has 0 spiro atoms. The third kappa shape index (κ3) is 3.85.